The number of anilines is 1. The van der Waals surface area contributed by atoms with E-state index in [-0.39, 0.29) is 93.3 Å². The van der Waals surface area contributed by atoms with Gasteiger partial charge in [-0.1, -0.05) is 61.1 Å². The maximum atomic E-state index is 11.0. The van der Waals surface area contributed by atoms with Gasteiger partial charge in [0.1, 0.15) is 9.84 Å². The molecule has 5 nitrogen and oxygen atoms in total. The Morgan fingerprint density at radius 3 is 1.32 bits per heavy atom. The Morgan fingerprint density at radius 2 is 1.05 bits per heavy atom. The molecule has 0 saturated heterocycles. The SMILES string of the molecule is C=[C-]Cc1[c-]ccc(CS(C)(=O)=O)c1.C=[C-]Cc1[c-]ccc(N)c1.CC.CC.CC.CC.CS(=O)(=O)Cl.ClCCl.[B].[B].[Y].[Y]. The molecule has 0 fully saturated rings. The van der Waals surface area contributed by atoms with Gasteiger partial charge in [0.2, 0.25) is 9.05 Å². The molecule has 44 heavy (non-hydrogen) atoms. The summed E-state index contributed by atoms with van der Waals surface area (Å²) in [6, 6.07) is 16.8. The standard InChI is InChI=1S/C11H12O2S.C9H9N.4C2H6.CH2Cl2.CH3ClO2S.2B.2Y/c1-3-5-10-6-4-7-11(8-10)9-14(2,12)13;1-2-4-8-5-3-6-9(10)7-8;4*1-2;2-1-3;1-5(2,3)4;;;;/h4,7-8H,1,5,9H2,2H3;3,6-7H,1,4,10H2;4*1-2H3;1H2;1H3;;;;/q2*-2;;;;;;;;;;. The minimum absolute atomic E-state index is 0. The second-order valence-corrected chi connectivity index (χ2v) is 12.1. The average molecular weight is 859 g/mol. The minimum atomic E-state index is -3.19. The number of nitrogen functional groups attached to an aromatic ring is 1. The Bertz CT molecular complexity index is 1040. The summed E-state index contributed by atoms with van der Waals surface area (Å²) in [6.07, 6.45) is 8.98. The van der Waals surface area contributed by atoms with Gasteiger partial charge in [-0.2, -0.15) is 60.4 Å². The van der Waals surface area contributed by atoms with E-state index in [9.17, 15) is 16.8 Å². The number of halogens is 3. The van der Waals surface area contributed by atoms with Gasteiger partial charge in [0.15, 0.2) is 0 Å². The summed E-state index contributed by atoms with van der Waals surface area (Å²) in [5.41, 5.74) is 9.03. The van der Waals surface area contributed by atoms with E-state index in [0.29, 0.717) is 12.8 Å². The molecule has 0 bridgehead atoms. The number of hydrogen-bond acceptors (Lipinski definition) is 5. The maximum absolute atomic E-state index is 11.0. The van der Waals surface area contributed by atoms with E-state index in [4.69, 9.17) is 28.9 Å². The van der Waals surface area contributed by atoms with Crippen molar-refractivity contribution >= 4 is 75.3 Å². The van der Waals surface area contributed by atoms with Crippen LogP contribution in [0.5, 0.6) is 0 Å². The predicted octanol–water partition coefficient (Wildman–Crippen LogP) is 8.11. The Hall–Kier alpha value is 0.828. The number of benzene rings is 2. The first-order valence-corrected chi connectivity index (χ1v) is 18.5. The maximum Gasteiger partial charge on any atom is 0.229 e. The summed E-state index contributed by atoms with van der Waals surface area (Å²) >= 11 is 9.53. The monoisotopic (exact) mass is 857 g/mol. The number of sulfone groups is 1. The first kappa shape index (κ1) is 71.0. The van der Waals surface area contributed by atoms with Gasteiger partial charge in [-0.05, 0) is 0 Å². The Morgan fingerprint density at radius 1 is 0.750 bits per heavy atom. The van der Waals surface area contributed by atoms with E-state index in [1.165, 1.54) is 6.26 Å². The predicted molar refractivity (Wildman–Crippen MR) is 193 cm³/mol. The molecule has 0 aliphatic rings. The molecule has 0 heterocycles. The zero-order valence-electron chi connectivity index (χ0n) is 28.2. The second-order valence-electron chi connectivity index (χ2n) is 6.08. The molecule has 0 aliphatic carbocycles. The molecule has 2 rings (SSSR count). The third kappa shape index (κ3) is 74.0. The van der Waals surface area contributed by atoms with Crippen LogP contribution in [0.15, 0.2) is 49.6 Å². The fourth-order valence-corrected chi connectivity index (χ4v) is 2.76. The quantitative estimate of drug-likeness (QED) is 0.104. The van der Waals surface area contributed by atoms with Crippen LogP contribution < -0.4 is 5.73 Å². The molecule has 0 saturated carbocycles. The summed E-state index contributed by atoms with van der Waals surface area (Å²) in [7, 11) is -1.65. The van der Waals surface area contributed by atoms with Gasteiger partial charge in [-0.3, -0.25) is 13.2 Å². The van der Waals surface area contributed by atoms with Crippen LogP contribution in [0.2, 0.25) is 0 Å². The van der Waals surface area contributed by atoms with Gasteiger partial charge >= 0.3 is 0 Å². The smallest absolute Gasteiger partial charge is 0.229 e. The van der Waals surface area contributed by atoms with Crippen LogP contribution in [0.25, 0.3) is 0 Å². The van der Waals surface area contributed by atoms with Crippen molar-refractivity contribution in [2.24, 2.45) is 0 Å². The first-order chi connectivity index (χ1) is 18.8. The van der Waals surface area contributed by atoms with E-state index >= 15 is 0 Å². The van der Waals surface area contributed by atoms with Crippen molar-refractivity contribution < 1.29 is 82.3 Å². The zero-order chi connectivity index (χ0) is 33.2. The van der Waals surface area contributed by atoms with Crippen LogP contribution in [0, 0.1) is 24.3 Å². The van der Waals surface area contributed by atoms with Gasteiger partial charge < -0.3 is 17.9 Å². The fraction of sp³-hybridized carbons (Fsp3) is 0.467. The number of allylic oxidation sites excluding steroid dienone is 2. The average Bonchev–Trinajstić information content (AvgIpc) is 2.89. The molecule has 0 atom stereocenters. The molecule has 2 aromatic rings. The van der Waals surface area contributed by atoms with Gasteiger partial charge in [0.05, 0.1) is 17.3 Å². The molecule has 0 aromatic heterocycles. The Labute approximate surface area is 341 Å². The number of hydrogen-bond donors (Lipinski definition) is 1. The normalized spacial score (nSPS) is 7.93. The molecule has 14 heteroatoms. The zero-order valence-corrected chi connectivity index (χ0v) is 37.8. The van der Waals surface area contributed by atoms with Crippen LogP contribution >= 0.6 is 33.9 Å². The molecule has 0 spiro atoms. The molecule has 248 valence electrons. The topological polar surface area (TPSA) is 94.3 Å². The molecule has 2 N–H and O–H groups in total. The van der Waals surface area contributed by atoms with Crippen molar-refractivity contribution in [2.45, 2.75) is 74.0 Å². The first-order valence-electron chi connectivity index (χ1n) is 12.7. The third-order valence-electron chi connectivity index (χ3n) is 2.87. The molecular weight excluding hydrogens is 808 g/mol. The molecule has 0 unspecified atom stereocenters. The molecule has 0 amide bonds. The summed E-state index contributed by atoms with van der Waals surface area (Å²) in [5.74, 6) is 0.0752. The van der Waals surface area contributed by atoms with Gasteiger partial charge in [-0.15, -0.1) is 40.9 Å². The second kappa shape index (κ2) is 53.3. The molecule has 2 aromatic carbocycles. The van der Waals surface area contributed by atoms with Crippen LogP contribution in [0.3, 0.4) is 0 Å². The molecule has 8 radical (unpaired) electrons. The van der Waals surface area contributed by atoms with Crippen molar-refractivity contribution in [1.82, 2.24) is 0 Å². The Kier molecular flexibility index (Phi) is 86.0. The summed E-state index contributed by atoms with van der Waals surface area (Å²) < 4.78 is 40.9. The molecular formula is C30H50B2Cl3NO4S2Y2-4. The van der Waals surface area contributed by atoms with Gasteiger partial charge in [-0.25, -0.2) is 16.8 Å². The minimum Gasteiger partial charge on any atom is -0.502 e. The van der Waals surface area contributed by atoms with Crippen LogP contribution in [0.1, 0.15) is 72.1 Å². The van der Waals surface area contributed by atoms with Crippen LogP contribution in [-0.4, -0.2) is 51.5 Å². The van der Waals surface area contributed by atoms with Crippen molar-refractivity contribution in [3.05, 3.63) is 90.5 Å². The van der Waals surface area contributed by atoms with Crippen LogP contribution in [0.4, 0.5) is 5.69 Å². The number of alkyl halides is 2. The van der Waals surface area contributed by atoms with Crippen molar-refractivity contribution in [2.75, 3.05) is 23.6 Å². The molecule has 0 aliphatic heterocycles. The summed E-state index contributed by atoms with van der Waals surface area (Å²) in [5, 5.41) is 0.194. The van der Waals surface area contributed by atoms with E-state index in [2.05, 4.69) is 48.1 Å². The largest absolute Gasteiger partial charge is 0.502 e. The van der Waals surface area contributed by atoms with E-state index < -0.39 is 18.9 Å². The van der Waals surface area contributed by atoms with Crippen LogP contribution in [-0.2, 0) is 103 Å². The fourth-order valence-electron chi connectivity index (χ4n) is 1.97. The van der Waals surface area contributed by atoms with E-state index in [0.717, 1.165) is 28.6 Å². The number of rotatable bonds is 6. The van der Waals surface area contributed by atoms with Gasteiger partial charge in [0, 0.05) is 99.2 Å². The van der Waals surface area contributed by atoms with Crippen molar-refractivity contribution in [3.63, 3.8) is 0 Å². The number of nitrogens with two attached hydrogens (primary N) is 1. The van der Waals surface area contributed by atoms with Crippen molar-refractivity contribution in [3.8, 4) is 0 Å². The van der Waals surface area contributed by atoms with E-state index in [1.54, 1.807) is 12.1 Å². The van der Waals surface area contributed by atoms with E-state index in [1.807, 2.05) is 79.7 Å². The third-order valence-corrected chi connectivity index (χ3v) is 3.73. The summed E-state index contributed by atoms with van der Waals surface area (Å²) in [6.45, 7) is 23.0. The van der Waals surface area contributed by atoms with Crippen molar-refractivity contribution in [1.29, 1.82) is 0 Å². The Balaban J connectivity index is -0.0000000428. The summed E-state index contributed by atoms with van der Waals surface area (Å²) in [4.78, 5) is 0. The van der Waals surface area contributed by atoms with Gasteiger partial charge in [0.25, 0.3) is 0 Å².